The monoisotopic (exact) mass is 259 g/mol. The minimum Gasteiger partial charge on any atom is -0.313 e. The van der Waals surface area contributed by atoms with Crippen LogP contribution in [0, 0.1) is 11.6 Å². The van der Waals surface area contributed by atoms with E-state index in [2.05, 4.69) is 19.2 Å². The molecule has 0 saturated carbocycles. The van der Waals surface area contributed by atoms with Crippen molar-refractivity contribution in [3.8, 4) is 0 Å². The molecule has 17 heavy (non-hydrogen) atoms. The molecule has 0 heterocycles. The zero-order valence-corrected chi connectivity index (χ0v) is 11.1. The zero-order valence-electron chi connectivity index (χ0n) is 10.3. The summed E-state index contributed by atoms with van der Waals surface area (Å²) in [4.78, 5) is 0.512. The molecule has 0 saturated heterocycles. The average molecular weight is 259 g/mol. The number of rotatable bonds is 7. The first kappa shape index (κ1) is 14.5. The third-order valence-electron chi connectivity index (χ3n) is 2.67. The second kappa shape index (κ2) is 7.67. The minimum absolute atomic E-state index is 0.475. The normalized spacial score (nSPS) is 11.1. The standard InChI is InChI=1S/C13H19F2NS/c1-3-11(4-2)16-7-8-17-13-6-5-10(14)9-12(13)15/h5-6,9,11,16H,3-4,7-8H2,1-2H3. The lowest BCUT2D eigenvalue weighted by atomic mass is 10.2. The van der Waals surface area contributed by atoms with E-state index in [-0.39, 0.29) is 0 Å². The molecule has 0 radical (unpaired) electrons. The maximum Gasteiger partial charge on any atom is 0.139 e. The number of benzene rings is 1. The zero-order chi connectivity index (χ0) is 12.7. The Morgan fingerprint density at radius 1 is 1.24 bits per heavy atom. The van der Waals surface area contributed by atoms with Crippen molar-refractivity contribution in [2.45, 2.75) is 37.6 Å². The van der Waals surface area contributed by atoms with Crippen molar-refractivity contribution in [2.75, 3.05) is 12.3 Å². The quantitative estimate of drug-likeness (QED) is 0.590. The van der Waals surface area contributed by atoms with Crippen molar-refractivity contribution in [1.29, 1.82) is 0 Å². The molecule has 0 aliphatic rings. The molecular weight excluding hydrogens is 240 g/mol. The fourth-order valence-corrected chi connectivity index (χ4v) is 2.39. The first-order chi connectivity index (χ1) is 8.17. The van der Waals surface area contributed by atoms with Crippen LogP contribution in [0.15, 0.2) is 23.1 Å². The summed E-state index contributed by atoms with van der Waals surface area (Å²) >= 11 is 1.41. The Bertz CT molecular complexity index is 340. The van der Waals surface area contributed by atoms with Gasteiger partial charge in [0.25, 0.3) is 0 Å². The van der Waals surface area contributed by atoms with Crippen LogP contribution in [0.2, 0.25) is 0 Å². The van der Waals surface area contributed by atoms with Gasteiger partial charge in [0, 0.05) is 29.3 Å². The summed E-state index contributed by atoms with van der Waals surface area (Å²) in [6.45, 7) is 5.13. The van der Waals surface area contributed by atoms with Crippen LogP contribution in [0.25, 0.3) is 0 Å². The van der Waals surface area contributed by atoms with Gasteiger partial charge >= 0.3 is 0 Å². The molecule has 0 atom stereocenters. The first-order valence-electron chi connectivity index (χ1n) is 5.98. The molecule has 0 spiro atoms. The molecule has 4 heteroatoms. The number of thioether (sulfide) groups is 1. The molecular formula is C13H19F2NS. The summed E-state index contributed by atoms with van der Waals surface area (Å²) in [5, 5.41) is 3.40. The van der Waals surface area contributed by atoms with Gasteiger partial charge in [-0.3, -0.25) is 0 Å². The highest BCUT2D eigenvalue weighted by atomic mass is 32.2. The number of hydrogen-bond acceptors (Lipinski definition) is 2. The molecule has 1 rings (SSSR count). The van der Waals surface area contributed by atoms with E-state index in [9.17, 15) is 8.78 Å². The Balaban J connectivity index is 2.31. The van der Waals surface area contributed by atoms with Crippen molar-refractivity contribution in [2.24, 2.45) is 0 Å². The van der Waals surface area contributed by atoms with Crippen LogP contribution in [-0.2, 0) is 0 Å². The van der Waals surface area contributed by atoms with Crippen LogP contribution < -0.4 is 5.32 Å². The van der Waals surface area contributed by atoms with Crippen molar-refractivity contribution >= 4 is 11.8 Å². The Hall–Kier alpha value is -0.610. The molecule has 0 unspecified atom stereocenters. The van der Waals surface area contributed by atoms with Crippen molar-refractivity contribution in [3.05, 3.63) is 29.8 Å². The highest BCUT2D eigenvalue weighted by molar-refractivity contribution is 7.99. The SMILES string of the molecule is CCC(CC)NCCSc1ccc(F)cc1F. The maximum atomic E-state index is 13.3. The molecule has 0 fully saturated rings. The molecule has 1 N–H and O–H groups in total. The summed E-state index contributed by atoms with van der Waals surface area (Å²) in [6.07, 6.45) is 2.21. The van der Waals surface area contributed by atoms with Crippen LogP contribution in [0.1, 0.15) is 26.7 Å². The Morgan fingerprint density at radius 2 is 1.94 bits per heavy atom. The summed E-state index contributed by atoms with van der Waals surface area (Å²) in [5.41, 5.74) is 0. The number of halogens is 2. The van der Waals surface area contributed by atoms with Gasteiger partial charge in [0.05, 0.1) is 0 Å². The van der Waals surface area contributed by atoms with E-state index < -0.39 is 11.6 Å². The van der Waals surface area contributed by atoms with Gasteiger partial charge in [-0.05, 0) is 25.0 Å². The van der Waals surface area contributed by atoms with Gasteiger partial charge in [0.2, 0.25) is 0 Å². The Morgan fingerprint density at radius 3 is 2.53 bits per heavy atom. The third kappa shape index (κ3) is 5.04. The van der Waals surface area contributed by atoms with E-state index in [0.29, 0.717) is 10.9 Å². The van der Waals surface area contributed by atoms with Gasteiger partial charge in [-0.25, -0.2) is 8.78 Å². The van der Waals surface area contributed by atoms with Crippen LogP contribution in [0.3, 0.4) is 0 Å². The van der Waals surface area contributed by atoms with E-state index in [1.807, 2.05) is 0 Å². The summed E-state index contributed by atoms with van der Waals surface area (Å²) in [7, 11) is 0. The molecule has 0 bridgehead atoms. The largest absolute Gasteiger partial charge is 0.313 e. The smallest absolute Gasteiger partial charge is 0.139 e. The topological polar surface area (TPSA) is 12.0 Å². The predicted octanol–water partition coefficient (Wildman–Crippen LogP) is 3.84. The van der Waals surface area contributed by atoms with Gasteiger partial charge in [0.1, 0.15) is 11.6 Å². The molecule has 0 aliphatic heterocycles. The van der Waals surface area contributed by atoms with E-state index in [0.717, 1.165) is 31.2 Å². The first-order valence-corrected chi connectivity index (χ1v) is 6.97. The van der Waals surface area contributed by atoms with Crippen molar-refractivity contribution in [1.82, 2.24) is 5.32 Å². The maximum absolute atomic E-state index is 13.3. The van der Waals surface area contributed by atoms with Crippen LogP contribution in [0.4, 0.5) is 8.78 Å². The molecule has 96 valence electrons. The van der Waals surface area contributed by atoms with E-state index >= 15 is 0 Å². The Labute approximate surface area is 106 Å². The van der Waals surface area contributed by atoms with Gasteiger partial charge in [-0.2, -0.15) is 0 Å². The minimum atomic E-state index is -0.526. The number of nitrogens with one attached hydrogen (secondary N) is 1. The summed E-state index contributed by atoms with van der Waals surface area (Å²) in [6, 6.07) is 4.25. The van der Waals surface area contributed by atoms with Gasteiger partial charge < -0.3 is 5.32 Å². The molecule has 1 aromatic rings. The van der Waals surface area contributed by atoms with Gasteiger partial charge in [-0.1, -0.05) is 13.8 Å². The van der Waals surface area contributed by atoms with E-state index in [1.165, 1.54) is 23.9 Å². The second-order valence-corrected chi connectivity index (χ2v) is 5.03. The summed E-state index contributed by atoms with van der Waals surface area (Å²) in [5.74, 6) is -0.210. The van der Waals surface area contributed by atoms with E-state index in [4.69, 9.17) is 0 Å². The molecule has 0 aliphatic carbocycles. The van der Waals surface area contributed by atoms with Crippen LogP contribution >= 0.6 is 11.8 Å². The molecule has 1 nitrogen and oxygen atoms in total. The van der Waals surface area contributed by atoms with Crippen molar-refractivity contribution < 1.29 is 8.78 Å². The summed E-state index contributed by atoms with van der Waals surface area (Å²) < 4.78 is 26.0. The Kier molecular flexibility index (Phi) is 6.52. The highest BCUT2D eigenvalue weighted by Crippen LogP contribution is 2.21. The lowest BCUT2D eigenvalue weighted by Gasteiger charge is -2.14. The molecule has 1 aromatic carbocycles. The lowest BCUT2D eigenvalue weighted by Crippen LogP contribution is -2.29. The van der Waals surface area contributed by atoms with E-state index in [1.54, 1.807) is 0 Å². The second-order valence-electron chi connectivity index (χ2n) is 3.89. The lowest BCUT2D eigenvalue weighted by molar-refractivity contribution is 0.501. The third-order valence-corrected chi connectivity index (χ3v) is 3.72. The van der Waals surface area contributed by atoms with Gasteiger partial charge in [-0.15, -0.1) is 11.8 Å². The average Bonchev–Trinajstić information content (AvgIpc) is 2.32. The fourth-order valence-electron chi connectivity index (χ4n) is 1.59. The fraction of sp³-hybridized carbons (Fsp3) is 0.538. The highest BCUT2D eigenvalue weighted by Gasteiger charge is 2.05. The predicted molar refractivity (Wildman–Crippen MR) is 69.5 cm³/mol. The molecule has 0 amide bonds. The van der Waals surface area contributed by atoms with Gasteiger partial charge in [0.15, 0.2) is 0 Å². The number of hydrogen-bond donors (Lipinski definition) is 1. The van der Waals surface area contributed by atoms with Crippen LogP contribution in [-0.4, -0.2) is 18.3 Å². The molecule has 0 aromatic heterocycles. The van der Waals surface area contributed by atoms with Crippen molar-refractivity contribution in [3.63, 3.8) is 0 Å². The van der Waals surface area contributed by atoms with Crippen LogP contribution in [0.5, 0.6) is 0 Å².